The van der Waals surface area contributed by atoms with Gasteiger partial charge in [-0.1, -0.05) is 6.08 Å². The fourth-order valence-electron chi connectivity index (χ4n) is 1.23. The zero-order valence-corrected chi connectivity index (χ0v) is 7.94. The molecule has 0 radical (unpaired) electrons. The van der Waals surface area contributed by atoms with Crippen molar-refractivity contribution in [1.29, 1.82) is 0 Å². The highest BCUT2D eigenvalue weighted by molar-refractivity contribution is 5.36. The van der Waals surface area contributed by atoms with E-state index in [9.17, 15) is 0 Å². The van der Waals surface area contributed by atoms with E-state index in [1.165, 1.54) is 0 Å². The van der Waals surface area contributed by atoms with Crippen molar-refractivity contribution in [2.45, 2.75) is 20.1 Å². The number of allylic oxidation sites excluding steroid dienone is 5. The lowest BCUT2D eigenvalue weighted by Gasteiger charge is -2.25. The molecule has 0 amide bonds. The lowest BCUT2D eigenvalue weighted by molar-refractivity contribution is -0.0502. The van der Waals surface area contributed by atoms with Crippen molar-refractivity contribution in [1.82, 2.24) is 4.90 Å². The second-order valence-electron chi connectivity index (χ2n) is 3.02. The molecular weight excluding hydrogens is 166 g/mol. The van der Waals surface area contributed by atoms with Gasteiger partial charge >= 0.3 is 0 Å². The molecule has 1 heterocycles. The Bertz CT molecular complexity index is 264. The van der Waals surface area contributed by atoms with Gasteiger partial charge in [-0.3, -0.25) is 0 Å². The molecule has 1 aliphatic rings. The normalized spacial score (nSPS) is 19.9. The van der Waals surface area contributed by atoms with Crippen LogP contribution < -0.4 is 0 Å². The predicted molar refractivity (Wildman–Crippen MR) is 51.6 cm³/mol. The fraction of sp³-hybridized carbons (Fsp3) is 0.400. The van der Waals surface area contributed by atoms with Crippen LogP contribution >= 0.6 is 0 Å². The van der Waals surface area contributed by atoms with Gasteiger partial charge in [0, 0.05) is 11.9 Å². The Morgan fingerprint density at radius 1 is 1.54 bits per heavy atom. The van der Waals surface area contributed by atoms with Gasteiger partial charge in [0.15, 0.2) is 6.29 Å². The third-order valence-corrected chi connectivity index (χ3v) is 1.97. The minimum absolute atomic E-state index is 0.218. The molecule has 0 aromatic rings. The van der Waals surface area contributed by atoms with Crippen LogP contribution in [0.3, 0.4) is 0 Å². The number of aliphatic hydroxyl groups excluding tert-OH is 1. The summed E-state index contributed by atoms with van der Waals surface area (Å²) in [5.41, 5.74) is 2.16. The minimum atomic E-state index is -1.29. The van der Waals surface area contributed by atoms with Gasteiger partial charge in [-0.05, 0) is 31.6 Å². The Hall–Kier alpha value is -1.06. The minimum Gasteiger partial charge on any atom is -0.367 e. The number of hydrogen-bond acceptors (Lipinski definition) is 3. The summed E-state index contributed by atoms with van der Waals surface area (Å²) in [6.07, 6.45) is 6.51. The van der Waals surface area contributed by atoms with Crippen LogP contribution in [0, 0.1) is 0 Å². The molecule has 3 nitrogen and oxygen atoms in total. The molecule has 0 saturated heterocycles. The molecule has 0 unspecified atom stereocenters. The Morgan fingerprint density at radius 3 is 2.69 bits per heavy atom. The summed E-state index contributed by atoms with van der Waals surface area (Å²) in [6, 6.07) is 0. The first-order valence-electron chi connectivity index (χ1n) is 4.29. The highest BCUT2D eigenvalue weighted by Gasteiger charge is 2.09. The van der Waals surface area contributed by atoms with E-state index in [0.29, 0.717) is 0 Å². The van der Waals surface area contributed by atoms with Crippen LogP contribution in [0.2, 0.25) is 0 Å². The van der Waals surface area contributed by atoms with Crippen LogP contribution in [0.5, 0.6) is 0 Å². The molecule has 0 fully saturated rings. The lowest BCUT2D eigenvalue weighted by atomic mass is 10.1. The van der Waals surface area contributed by atoms with Crippen LogP contribution in [0.25, 0.3) is 0 Å². The summed E-state index contributed by atoms with van der Waals surface area (Å²) in [4.78, 5) is 1.80. The molecule has 0 atom stereocenters. The van der Waals surface area contributed by atoms with Crippen molar-refractivity contribution in [3.8, 4) is 0 Å². The third-order valence-electron chi connectivity index (χ3n) is 1.97. The van der Waals surface area contributed by atoms with Crippen molar-refractivity contribution in [2.24, 2.45) is 0 Å². The second-order valence-corrected chi connectivity index (χ2v) is 3.02. The molecule has 13 heavy (non-hydrogen) atoms. The molecule has 2 N–H and O–H groups in total. The topological polar surface area (TPSA) is 43.7 Å². The maximum atomic E-state index is 8.78. The molecule has 0 aliphatic carbocycles. The maximum absolute atomic E-state index is 8.78. The number of nitrogens with zero attached hydrogens (tertiary/aromatic N) is 1. The largest absolute Gasteiger partial charge is 0.367 e. The third kappa shape index (κ3) is 2.72. The number of aliphatic hydroxyl groups is 2. The molecule has 72 valence electrons. The predicted octanol–water partition coefficient (Wildman–Crippen LogP) is 0.977. The molecule has 1 aliphatic heterocycles. The Labute approximate surface area is 78.3 Å². The summed E-state index contributed by atoms with van der Waals surface area (Å²) < 4.78 is 0. The van der Waals surface area contributed by atoms with Crippen molar-refractivity contribution >= 4 is 0 Å². The number of β-amino-alcohol motifs (C(OH)–C–C–N with tert-alkyl or cyclic N) is 2. The summed E-state index contributed by atoms with van der Waals surface area (Å²) in [7, 11) is 0. The summed E-state index contributed by atoms with van der Waals surface area (Å²) in [5.74, 6) is 0. The first-order chi connectivity index (χ1) is 6.13. The first-order valence-corrected chi connectivity index (χ1v) is 4.29. The standard InChI is InChI=1S/C10H15NO2/c1-3-9-4-5-11(7-10(12)13)8(2)6-9/h3-6,10,12-13H,7H2,1-2H3. The van der Waals surface area contributed by atoms with Crippen LogP contribution in [-0.4, -0.2) is 27.9 Å². The molecule has 1 rings (SSSR count). The molecule has 0 bridgehead atoms. The van der Waals surface area contributed by atoms with E-state index >= 15 is 0 Å². The molecular formula is C10H15NO2. The van der Waals surface area contributed by atoms with E-state index in [1.54, 1.807) is 4.90 Å². The number of rotatable bonds is 2. The van der Waals surface area contributed by atoms with E-state index in [4.69, 9.17) is 10.2 Å². The SMILES string of the molecule is CC=C1C=CN(CC(O)O)C(C)=C1. The lowest BCUT2D eigenvalue weighted by Crippen LogP contribution is -2.27. The van der Waals surface area contributed by atoms with E-state index < -0.39 is 6.29 Å². The van der Waals surface area contributed by atoms with Gasteiger partial charge in [0.2, 0.25) is 0 Å². The second kappa shape index (κ2) is 4.25. The molecule has 0 aromatic heterocycles. The van der Waals surface area contributed by atoms with Crippen LogP contribution in [0.4, 0.5) is 0 Å². The van der Waals surface area contributed by atoms with Crippen molar-refractivity contribution < 1.29 is 10.2 Å². The van der Waals surface area contributed by atoms with Gasteiger partial charge in [0.05, 0.1) is 6.54 Å². The van der Waals surface area contributed by atoms with Gasteiger partial charge in [-0.25, -0.2) is 0 Å². The summed E-state index contributed by atoms with van der Waals surface area (Å²) in [5, 5.41) is 17.6. The van der Waals surface area contributed by atoms with Gasteiger partial charge in [0.1, 0.15) is 0 Å². The van der Waals surface area contributed by atoms with Gasteiger partial charge < -0.3 is 15.1 Å². The molecule has 0 spiro atoms. The zero-order valence-electron chi connectivity index (χ0n) is 7.94. The van der Waals surface area contributed by atoms with Crippen LogP contribution in [-0.2, 0) is 0 Å². The quantitative estimate of drug-likeness (QED) is 0.624. The van der Waals surface area contributed by atoms with Gasteiger partial charge in [0.25, 0.3) is 0 Å². The van der Waals surface area contributed by atoms with E-state index in [-0.39, 0.29) is 6.54 Å². The summed E-state index contributed by atoms with van der Waals surface area (Å²) in [6.45, 7) is 4.13. The number of hydrogen-bond donors (Lipinski definition) is 2. The Balaban J connectivity index is 2.68. The fourth-order valence-corrected chi connectivity index (χ4v) is 1.23. The van der Waals surface area contributed by atoms with E-state index in [0.717, 1.165) is 11.3 Å². The van der Waals surface area contributed by atoms with Gasteiger partial charge in [-0.15, -0.1) is 0 Å². The Kier molecular flexibility index (Phi) is 3.28. The van der Waals surface area contributed by atoms with Crippen molar-refractivity contribution in [3.05, 3.63) is 35.7 Å². The maximum Gasteiger partial charge on any atom is 0.169 e. The van der Waals surface area contributed by atoms with Crippen LogP contribution in [0.15, 0.2) is 35.7 Å². The molecule has 0 aromatic carbocycles. The van der Waals surface area contributed by atoms with E-state index in [1.807, 2.05) is 38.3 Å². The zero-order chi connectivity index (χ0) is 9.84. The Morgan fingerprint density at radius 2 is 2.23 bits per heavy atom. The van der Waals surface area contributed by atoms with Crippen molar-refractivity contribution in [2.75, 3.05) is 6.54 Å². The van der Waals surface area contributed by atoms with Gasteiger partial charge in [-0.2, -0.15) is 0 Å². The highest BCUT2D eigenvalue weighted by Crippen LogP contribution is 2.15. The molecule has 0 saturated carbocycles. The smallest absolute Gasteiger partial charge is 0.169 e. The average Bonchev–Trinajstić information content (AvgIpc) is 2.08. The monoisotopic (exact) mass is 181 g/mol. The molecule has 3 heteroatoms. The van der Waals surface area contributed by atoms with Crippen LogP contribution in [0.1, 0.15) is 13.8 Å². The average molecular weight is 181 g/mol. The summed E-state index contributed by atoms with van der Waals surface area (Å²) >= 11 is 0. The van der Waals surface area contributed by atoms with E-state index in [2.05, 4.69) is 0 Å². The first kappa shape index (κ1) is 10.0. The van der Waals surface area contributed by atoms with Crippen molar-refractivity contribution in [3.63, 3.8) is 0 Å². The highest BCUT2D eigenvalue weighted by atomic mass is 16.5.